The molecule has 6 nitrogen and oxygen atoms in total. The quantitative estimate of drug-likeness (QED) is 0.466. The van der Waals surface area contributed by atoms with Gasteiger partial charge in [0.1, 0.15) is 24.1 Å². The lowest BCUT2D eigenvalue weighted by Gasteiger charge is -2.30. The van der Waals surface area contributed by atoms with E-state index >= 15 is 4.39 Å². The van der Waals surface area contributed by atoms with Gasteiger partial charge < -0.3 is 10.2 Å². The van der Waals surface area contributed by atoms with Crippen molar-refractivity contribution in [2.75, 3.05) is 13.2 Å². The van der Waals surface area contributed by atoms with Gasteiger partial charge in [-0.2, -0.15) is 0 Å². The molecule has 3 fully saturated rings. The standard InChI is InChI=1S/C26H28F5N3O3S/c1-15(13-27)32-24(35)34-14-25(5-6-25)23(33-38(36,37)26(31)7-8-26)21(34)11-16-3-2-4-20(22(16)30)17-9-18(28)12-19(29)10-17/h2-4,9-10,12,15,21,23,33H,5-8,11,13-14H2,1H3,(H,32,35)/t15-,21?,23?/m1/s1. The lowest BCUT2D eigenvalue weighted by molar-refractivity contribution is 0.183. The molecule has 12 heteroatoms. The van der Waals surface area contributed by atoms with Crippen molar-refractivity contribution in [3.05, 3.63) is 59.4 Å². The molecule has 1 heterocycles. The molecule has 1 spiro atoms. The van der Waals surface area contributed by atoms with Crippen molar-refractivity contribution in [2.24, 2.45) is 5.41 Å². The van der Waals surface area contributed by atoms with E-state index in [1.807, 2.05) is 0 Å². The minimum absolute atomic E-state index is 0.0244. The molecule has 2 aromatic carbocycles. The van der Waals surface area contributed by atoms with Gasteiger partial charge in [-0.25, -0.2) is 39.9 Å². The summed E-state index contributed by atoms with van der Waals surface area (Å²) in [5, 5.41) is 0.150. The highest BCUT2D eigenvalue weighted by Gasteiger charge is 2.64. The number of nitrogens with one attached hydrogen (secondary N) is 2. The number of hydrogen-bond donors (Lipinski definition) is 2. The van der Waals surface area contributed by atoms with E-state index in [1.54, 1.807) is 0 Å². The molecular formula is C26H28F5N3O3S. The number of benzene rings is 2. The first-order valence-electron chi connectivity index (χ1n) is 12.5. The second kappa shape index (κ2) is 9.48. The summed E-state index contributed by atoms with van der Waals surface area (Å²) in [7, 11) is -4.39. The van der Waals surface area contributed by atoms with Crippen LogP contribution in [0.25, 0.3) is 11.1 Å². The molecule has 2 aliphatic carbocycles. The van der Waals surface area contributed by atoms with Gasteiger partial charge in [0, 0.05) is 42.5 Å². The Balaban J connectivity index is 1.51. The van der Waals surface area contributed by atoms with Crippen molar-refractivity contribution in [3.8, 4) is 11.1 Å². The highest BCUT2D eigenvalue weighted by Crippen LogP contribution is 2.56. The fourth-order valence-electron chi connectivity index (χ4n) is 5.29. The number of urea groups is 1. The zero-order valence-corrected chi connectivity index (χ0v) is 21.4. The molecule has 2 saturated carbocycles. The summed E-state index contributed by atoms with van der Waals surface area (Å²) in [6.07, 6.45) is 0.716. The van der Waals surface area contributed by atoms with Gasteiger partial charge in [0.25, 0.3) is 0 Å². The minimum atomic E-state index is -4.39. The Morgan fingerprint density at radius 2 is 1.76 bits per heavy atom. The molecule has 1 saturated heterocycles. The van der Waals surface area contributed by atoms with E-state index in [2.05, 4.69) is 10.0 Å². The van der Waals surface area contributed by atoms with E-state index in [1.165, 1.54) is 30.0 Å². The molecule has 1 aliphatic heterocycles. The van der Waals surface area contributed by atoms with Crippen LogP contribution in [0.4, 0.5) is 26.7 Å². The molecule has 3 atom stereocenters. The number of halogens is 5. The number of amides is 2. The van der Waals surface area contributed by atoms with E-state index < -0.39 is 68.7 Å². The van der Waals surface area contributed by atoms with E-state index in [-0.39, 0.29) is 42.5 Å². The van der Waals surface area contributed by atoms with Gasteiger partial charge in [0.15, 0.2) is 0 Å². The third kappa shape index (κ3) is 4.88. The summed E-state index contributed by atoms with van der Waals surface area (Å²) >= 11 is 0. The summed E-state index contributed by atoms with van der Waals surface area (Å²) in [4.78, 5) is 14.5. The number of carbonyl (C=O) groups excluding carboxylic acids is 1. The largest absolute Gasteiger partial charge is 0.333 e. The molecule has 0 bridgehead atoms. The summed E-state index contributed by atoms with van der Waals surface area (Å²) in [6.45, 7) is 0.777. The summed E-state index contributed by atoms with van der Waals surface area (Å²) in [5.74, 6) is -2.54. The highest BCUT2D eigenvalue weighted by atomic mass is 32.2. The van der Waals surface area contributed by atoms with Crippen LogP contribution in [0.15, 0.2) is 36.4 Å². The number of hydrogen-bond acceptors (Lipinski definition) is 3. The summed E-state index contributed by atoms with van der Waals surface area (Å²) in [6, 6.07) is 3.67. The van der Waals surface area contributed by atoms with Crippen molar-refractivity contribution in [1.82, 2.24) is 14.9 Å². The van der Waals surface area contributed by atoms with Crippen molar-refractivity contribution < 1.29 is 35.2 Å². The maximum absolute atomic E-state index is 15.7. The van der Waals surface area contributed by atoms with E-state index in [4.69, 9.17) is 0 Å². The minimum Gasteiger partial charge on any atom is -0.333 e. The molecule has 2 unspecified atom stereocenters. The number of nitrogens with zero attached hydrogens (tertiary/aromatic N) is 1. The molecule has 3 aliphatic rings. The Morgan fingerprint density at radius 1 is 1.11 bits per heavy atom. The second-order valence-corrected chi connectivity index (χ2v) is 12.7. The number of likely N-dealkylation sites (tertiary alicyclic amines) is 1. The SMILES string of the molecule is C[C@H](CF)NC(=O)N1CC2(CC2)C(NS(=O)(=O)C2(F)CC2)C1Cc1cccc(-c2cc(F)cc(F)c2)c1F. The Kier molecular flexibility index (Phi) is 6.70. The van der Waals surface area contributed by atoms with Crippen molar-refractivity contribution >= 4 is 16.1 Å². The van der Waals surface area contributed by atoms with E-state index in [0.29, 0.717) is 18.9 Å². The first-order chi connectivity index (χ1) is 17.9. The van der Waals surface area contributed by atoms with Crippen molar-refractivity contribution in [1.29, 1.82) is 0 Å². The average Bonchev–Trinajstić information content (AvgIpc) is 3.76. The Morgan fingerprint density at radius 3 is 2.34 bits per heavy atom. The number of rotatable bonds is 8. The Bertz CT molecular complexity index is 1340. The molecule has 0 radical (unpaired) electrons. The lowest BCUT2D eigenvalue weighted by Crippen LogP contribution is -2.54. The summed E-state index contributed by atoms with van der Waals surface area (Å²) in [5.41, 5.74) is -0.667. The fourth-order valence-corrected chi connectivity index (χ4v) is 6.89. The van der Waals surface area contributed by atoms with Gasteiger partial charge in [-0.05, 0) is 49.4 Å². The van der Waals surface area contributed by atoms with Crippen LogP contribution < -0.4 is 10.0 Å². The topological polar surface area (TPSA) is 78.5 Å². The smallest absolute Gasteiger partial charge is 0.318 e. The van der Waals surface area contributed by atoms with E-state index in [0.717, 1.165) is 12.1 Å². The van der Waals surface area contributed by atoms with Crippen molar-refractivity contribution in [3.63, 3.8) is 0 Å². The molecule has 0 aromatic heterocycles. The van der Waals surface area contributed by atoms with Crippen molar-refractivity contribution in [2.45, 2.75) is 62.2 Å². The molecule has 2 amide bonds. The first kappa shape index (κ1) is 26.9. The predicted octanol–water partition coefficient (Wildman–Crippen LogP) is 4.59. The van der Waals surface area contributed by atoms with Gasteiger partial charge in [0.05, 0.1) is 12.1 Å². The first-order valence-corrected chi connectivity index (χ1v) is 13.9. The fraction of sp³-hybridized carbons (Fsp3) is 0.500. The molecule has 2 N–H and O–H groups in total. The monoisotopic (exact) mass is 557 g/mol. The van der Waals surface area contributed by atoms with Crippen LogP contribution in [0.2, 0.25) is 0 Å². The predicted molar refractivity (Wildman–Crippen MR) is 131 cm³/mol. The molecule has 38 heavy (non-hydrogen) atoms. The van der Waals surface area contributed by atoms with Crippen LogP contribution in [-0.2, 0) is 16.4 Å². The van der Waals surface area contributed by atoms with Crippen LogP contribution in [0.1, 0.15) is 38.2 Å². The van der Waals surface area contributed by atoms with Gasteiger partial charge >= 0.3 is 6.03 Å². The van der Waals surface area contributed by atoms with Crippen LogP contribution in [-0.4, -0.2) is 55.7 Å². The third-order valence-electron chi connectivity index (χ3n) is 7.77. The normalized spacial score (nSPS) is 23.9. The lowest BCUT2D eigenvalue weighted by atomic mass is 9.91. The zero-order chi connectivity index (χ0) is 27.5. The van der Waals surface area contributed by atoms with Crippen LogP contribution in [0.5, 0.6) is 0 Å². The van der Waals surface area contributed by atoms with Crippen LogP contribution in [0, 0.1) is 22.9 Å². The maximum Gasteiger partial charge on any atom is 0.318 e. The molecule has 2 aromatic rings. The van der Waals surface area contributed by atoms with Gasteiger partial charge in [-0.1, -0.05) is 18.2 Å². The van der Waals surface area contributed by atoms with Gasteiger partial charge in [-0.3, -0.25) is 0 Å². The number of sulfonamides is 1. The van der Waals surface area contributed by atoms with E-state index in [9.17, 15) is 30.8 Å². The Labute approximate surface area is 217 Å². The van der Waals surface area contributed by atoms with Crippen LogP contribution >= 0.6 is 0 Å². The molecular weight excluding hydrogens is 529 g/mol. The van der Waals surface area contributed by atoms with Crippen LogP contribution in [0.3, 0.4) is 0 Å². The average molecular weight is 558 g/mol. The zero-order valence-electron chi connectivity index (χ0n) is 20.6. The molecule has 206 valence electrons. The highest BCUT2D eigenvalue weighted by molar-refractivity contribution is 7.91. The van der Waals surface area contributed by atoms with Gasteiger partial charge in [0.2, 0.25) is 15.0 Å². The number of alkyl halides is 2. The third-order valence-corrected chi connectivity index (χ3v) is 9.71. The molecule has 5 rings (SSSR count). The second-order valence-electron chi connectivity index (χ2n) is 10.7. The number of carbonyl (C=O) groups is 1. The summed E-state index contributed by atoms with van der Waals surface area (Å²) < 4.78 is 99.4. The Hall–Kier alpha value is -2.73. The maximum atomic E-state index is 15.7. The van der Waals surface area contributed by atoms with Gasteiger partial charge in [-0.15, -0.1) is 0 Å².